The predicted molar refractivity (Wildman–Crippen MR) is 104 cm³/mol. The van der Waals surface area contributed by atoms with E-state index in [9.17, 15) is 9.59 Å². The Bertz CT molecular complexity index is 693. The van der Waals surface area contributed by atoms with Gasteiger partial charge in [0.1, 0.15) is 6.10 Å². The highest BCUT2D eigenvalue weighted by Crippen LogP contribution is 2.39. The summed E-state index contributed by atoms with van der Waals surface area (Å²) in [6, 6.07) is 10.1. The van der Waals surface area contributed by atoms with Gasteiger partial charge in [-0.3, -0.25) is 9.59 Å². The van der Waals surface area contributed by atoms with Gasteiger partial charge in [0.25, 0.3) is 0 Å². The summed E-state index contributed by atoms with van der Waals surface area (Å²) in [5.74, 6) is -0.458. The molecule has 1 aromatic rings. The van der Waals surface area contributed by atoms with E-state index in [2.05, 4.69) is 24.3 Å². The molecular weight excluding hydrogens is 338 g/mol. The van der Waals surface area contributed by atoms with Crippen LogP contribution in [0.25, 0.3) is 0 Å². The Labute approximate surface area is 161 Å². The van der Waals surface area contributed by atoms with Gasteiger partial charge in [0, 0.05) is 13.1 Å². The van der Waals surface area contributed by atoms with Crippen LogP contribution in [0.2, 0.25) is 0 Å². The van der Waals surface area contributed by atoms with Crippen molar-refractivity contribution in [1.82, 2.24) is 4.90 Å². The van der Waals surface area contributed by atoms with Gasteiger partial charge < -0.3 is 9.64 Å². The van der Waals surface area contributed by atoms with E-state index in [1.165, 1.54) is 6.42 Å². The van der Waals surface area contributed by atoms with Crippen molar-refractivity contribution in [3.05, 3.63) is 48.0 Å². The summed E-state index contributed by atoms with van der Waals surface area (Å²) in [7, 11) is 0. The highest BCUT2D eigenvalue weighted by molar-refractivity contribution is 5.87. The molecule has 1 saturated carbocycles. The SMILES string of the molecule is O=C(OC1CCCCC1)[C@H]1CC=C[C@H]2CCN(Cc3ccccc3)C(=O)[C@@H]12. The number of fused-ring (bicyclic) bond motifs is 1. The standard InChI is InChI=1S/C23H29NO3/c25-22-21-18(14-15-24(22)16-17-8-3-1-4-9-17)10-7-13-20(21)23(26)27-19-11-5-2-6-12-19/h1,3-4,7-10,18-21H,2,5-6,11-16H2/t18-,20-,21+/m0/s1. The van der Waals surface area contributed by atoms with Gasteiger partial charge in [-0.05, 0) is 50.0 Å². The molecule has 3 aliphatic rings. The zero-order valence-corrected chi connectivity index (χ0v) is 15.9. The quantitative estimate of drug-likeness (QED) is 0.594. The number of carbonyl (C=O) groups is 2. The van der Waals surface area contributed by atoms with Crippen LogP contribution in [0.4, 0.5) is 0 Å². The van der Waals surface area contributed by atoms with E-state index in [-0.39, 0.29) is 35.7 Å². The zero-order chi connectivity index (χ0) is 18.6. The lowest BCUT2D eigenvalue weighted by Crippen LogP contribution is -2.50. The largest absolute Gasteiger partial charge is 0.462 e. The van der Waals surface area contributed by atoms with Crippen molar-refractivity contribution in [2.45, 2.75) is 57.6 Å². The lowest BCUT2D eigenvalue weighted by atomic mass is 9.71. The first-order valence-corrected chi connectivity index (χ1v) is 10.4. The first-order valence-electron chi connectivity index (χ1n) is 10.4. The average molecular weight is 367 g/mol. The van der Waals surface area contributed by atoms with Crippen molar-refractivity contribution in [3.8, 4) is 0 Å². The highest BCUT2D eigenvalue weighted by Gasteiger charge is 2.45. The van der Waals surface area contributed by atoms with Crippen LogP contribution in [0.5, 0.6) is 0 Å². The smallest absolute Gasteiger partial charge is 0.310 e. The number of allylic oxidation sites excluding steroid dienone is 2. The van der Waals surface area contributed by atoms with Crippen LogP contribution in [0.1, 0.15) is 50.5 Å². The molecule has 4 nitrogen and oxygen atoms in total. The van der Waals surface area contributed by atoms with Crippen LogP contribution in [0.3, 0.4) is 0 Å². The van der Waals surface area contributed by atoms with E-state index >= 15 is 0 Å². The Kier molecular flexibility index (Phi) is 5.61. The number of piperidine rings is 1. The monoisotopic (exact) mass is 367 g/mol. The van der Waals surface area contributed by atoms with Crippen LogP contribution < -0.4 is 0 Å². The van der Waals surface area contributed by atoms with E-state index in [4.69, 9.17) is 4.74 Å². The maximum absolute atomic E-state index is 13.3. The van der Waals surface area contributed by atoms with Crippen molar-refractivity contribution in [3.63, 3.8) is 0 Å². The van der Waals surface area contributed by atoms with E-state index in [0.717, 1.165) is 44.2 Å². The van der Waals surface area contributed by atoms with Crippen LogP contribution in [0.15, 0.2) is 42.5 Å². The molecule has 0 bridgehead atoms. The summed E-state index contributed by atoms with van der Waals surface area (Å²) in [6.07, 6.45) is 11.3. The second-order valence-corrected chi connectivity index (χ2v) is 8.19. The molecule has 1 aliphatic heterocycles. The number of rotatable bonds is 4. The Morgan fingerprint density at radius 3 is 2.63 bits per heavy atom. The number of amides is 1. The Balaban J connectivity index is 1.46. The molecule has 3 atom stereocenters. The van der Waals surface area contributed by atoms with Gasteiger partial charge in [-0.1, -0.05) is 48.9 Å². The fraction of sp³-hybridized carbons (Fsp3) is 0.565. The average Bonchev–Trinajstić information content (AvgIpc) is 2.71. The van der Waals surface area contributed by atoms with Crippen molar-refractivity contribution in [2.24, 2.45) is 17.8 Å². The summed E-state index contributed by atoms with van der Waals surface area (Å²) < 4.78 is 5.84. The second-order valence-electron chi connectivity index (χ2n) is 8.19. The lowest BCUT2D eigenvalue weighted by Gasteiger charge is -2.41. The molecule has 0 spiro atoms. The summed E-state index contributed by atoms with van der Waals surface area (Å²) in [6.45, 7) is 1.38. The number of esters is 1. The summed E-state index contributed by atoms with van der Waals surface area (Å²) in [4.78, 5) is 28.1. The number of carbonyl (C=O) groups excluding carboxylic acids is 2. The minimum Gasteiger partial charge on any atom is -0.462 e. The molecule has 144 valence electrons. The van der Waals surface area contributed by atoms with Crippen molar-refractivity contribution in [2.75, 3.05) is 6.54 Å². The van der Waals surface area contributed by atoms with Crippen molar-refractivity contribution >= 4 is 11.9 Å². The summed E-state index contributed by atoms with van der Waals surface area (Å²) in [5, 5.41) is 0. The van der Waals surface area contributed by atoms with Crippen LogP contribution in [0, 0.1) is 17.8 Å². The van der Waals surface area contributed by atoms with Gasteiger partial charge in [0.2, 0.25) is 5.91 Å². The minimum atomic E-state index is -0.326. The Morgan fingerprint density at radius 1 is 1.07 bits per heavy atom. The van der Waals surface area contributed by atoms with Crippen molar-refractivity contribution < 1.29 is 14.3 Å². The topological polar surface area (TPSA) is 46.6 Å². The third-order valence-corrected chi connectivity index (χ3v) is 6.35. The van der Waals surface area contributed by atoms with Crippen LogP contribution >= 0.6 is 0 Å². The van der Waals surface area contributed by atoms with E-state index in [1.807, 2.05) is 23.1 Å². The second kappa shape index (κ2) is 8.28. The van der Waals surface area contributed by atoms with Crippen LogP contribution in [-0.2, 0) is 20.9 Å². The van der Waals surface area contributed by atoms with Gasteiger partial charge in [-0.25, -0.2) is 0 Å². The maximum Gasteiger partial charge on any atom is 0.310 e. The molecule has 1 saturated heterocycles. The molecule has 0 N–H and O–H groups in total. The maximum atomic E-state index is 13.3. The number of hydrogen-bond acceptors (Lipinski definition) is 3. The van der Waals surface area contributed by atoms with Gasteiger partial charge in [-0.15, -0.1) is 0 Å². The number of nitrogens with zero attached hydrogens (tertiary/aromatic N) is 1. The third kappa shape index (κ3) is 4.10. The van der Waals surface area contributed by atoms with E-state index < -0.39 is 0 Å². The molecule has 4 heteroatoms. The van der Waals surface area contributed by atoms with Gasteiger partial charge in [-0.2, -0.15) is 0 Å². The first kappa shape index (κ1) is 18.3. The molecule has 0 aromatic heterocycles. The summed E-state index contributed by atoms with van der Waals surface area (Å²) in [5.41, 5.74) is 1.14. The molecular formula is C23H29NO3. The molecule has 2 aliphatic carbocycles. The number of likely N-dealkylation sites (tertiary alicyclic amines) is 1. The fourth-order valence-corrected chi connectivity index (χ4v) is 4.86. The van der Waals surface area contributed by atoms with Crippen LogP contribution in [-0.4, -0.2) is 29.4 Å². The molecule has 2 fully saturated rings. The van der Waals surface area contributed by atoms with E-state index in [0.29, 0.717) is 13.0 Å². The number of benzene rings is 1. The van der Waals surface area contributed by atoms with E-state index in [1.54, 1.807) is 0 Å². The van der Waals surface area contributed by atoms with Gasteiger partial charge >= 0.3 is 5.97 Å². The van der Waals surface area contributed by atoms with Gasteiger partial charge in [0.15, 0.2) is 0 Å². The number of hydrogen-bond donors (Lipinski definition) is 0. The highest BCUT2D eigenvalue weighted by atomic mass is 16.5. The molecule has 0 radical (unpaired) electrons. The Hall–Kier alpha value is -2.10. The lowest BCUT2D eigenvalue weighted by molar-refractivity contribution is -0.164. The molecule has 1 aromatic carbocycles. The molecule has 27 heavy (non-hydrogen) atoms. The molecule has 4 rings (SSSR count). The number of ether oxygens (including phenoxy) is 1. The zero-order valence-electron chi connectivity index (χ0n) is 15.9. The Morgan fingerprint density at radius 2 is 1.85 bits per heavy atom. The van der Waals surface area contributed by atoms with Crippen molar-refractivity contribution in [1.29, 1.82) is 0 Å². The minimum absolute atomic E-state index is 0.0507. The molecule has 0 unspecified atom stereocenters. The summed E-state index contributed by atoms with van der Waals surface area (Å²) >= 11 is 0. The molecule has 1 heterocycles. The molecule has 1 amide bonds. The van der Waals surface area contributed by atoms with Gasteiger partial charge in [0.05, 0.1) is 11.8 Å². The normalized spacial score (nSPS) is 28.7. The fourth-order valence-electron chi connectivity index (χ4n) is 4.86. The first-order chi connectivity index (χ1) is 13.2. The predicted octanol–water partition coefficient (Wildman–Crippen LogP) is 4.10. The third-order valence-electron chi connectivity index (χ3n) is 6.35.